The van der Waals surface area contributed by atoms with E-state index in [2.05, 4.69) is 15.8 Å². The van der Waals surface area contributed by atoms with Crippen molar-refractivity contribution in [2.24, 2.45) is 11.0 Å². The molecule has 0 heterocycles. The Morgan fingerprint density at radius 2 is 1.77 bits per heavy atom. The van der Waals surface area contributed by atoms with Gasteiger partial charge in [0.15, 0.2) is 5.75 Å². The van der Waals surface area contributed by atoms with E-state index in [1.807, 2.05) is 30.3 Å². The number of hydrogen-bond acceptors (Lipinski definition) is 7. The predicted molar refractivity (Wildman–Crippen MR) is 130 cm³/mol. The Balaban J connectivity index is 1.57. The third-order valence-corrected chi connectivity index (χ3v) is 4.95. The van der Waals surface area contributed by atoms with E-state index >= 15 is 0 Å². The molecule has 0 fully saturated rings. The second kappa shape index (κ2) is 11.9. The first-order valence-electron chi connectivity index (χ1n) is 10.6. The van der Waals surface area contributed by atoms with E-state index in [1.54, 1.807) is 30.3 Å². The maximum absolute atomic E-state index is 12.3. The molecule has 2 amide bonds. The molecule has 0 aliphatic carbocycles. The lowest BCUT2D eigenvalue weighted by Gasteiger charge is -2.11. The van der Waals surface area contributed by atoms with Crippen LogP contribution < -0.4 is 20.2 Å². The van der Waals surface area contributed by atoms with Crippen LogP contribution in [0.3, 0.4) is 0 Å². The summed E-state index contributed by atoms with van der Waals surface area (Å²) in [6.45, 7) is 1.62. The number of ether oxygens (including phenoxy) is 2. The number of carbonyl (C=O) groups is 2. The highest BCUT2D eigenvalue weighted by molar-refractivity contribution is 6.06. The van der Waals surface area contributed by atoms with Crippen molar-refractivity contribution in [1.29, 1.82) is 0 Å². The van der Waals surface area contributed by atoms with E-state index in [-0.39, 0.29) is 18.0 Å². The number of hydrazone groups is 1. The Hall–Kier alpha value is -4.73. The lowest BCUT2D eigenvalue weighted by atomic mass is 10.1. The summed E-state index contributed by atoms with van der Waals surface area (Å²) in [7, 11) is 1.53. The lowest BCUT2D eigenvalue weighted by Crippen LogP contribution is -2.34. The number of amides is 2. The maximum Gasteiger partial charge on any atom is 0.311 e. The lowest BCUT2D eigenvalue weighted by molar-refractivity contribution is -0.385. The number of hydrogen-bond donors (Lipinski definition) is 2. The first-order valence-corrected chi connectivity index (χ1v) is 10.6. The number of rotatable bonds is 10. The molecular formula is C25H24N4O6. The van der Waals surface area contributed by atoms with Crippen molar-refractivity contribution < 1.29 is 24.0 Å². The molecule has 35 heavy (non-hydrogen) atoms. The first kappa shape index (κ1) is 24.9. The molecule has 2 N–H and O–H groups in total. The number of nitro groups is 1. The van der Waals surface area contributed by atoms with Crippen molar-refractivity contribution in [3.63, 3.8) is 0 Å². The molecule has 0 aliphatic rings. The number of nitro benzene ring substituents is 1. The van der Waals surface area contributed by atoms with E-state index in [0.717, 1.165) is 5.56 Å². The number of anilines is 1. The Bertz CT molecular complexity index is 1210. The number of nitrogens with zero attached hydrogens (tertiary/aromatic N) is 2. The zero-order valence-corrected chi connectivity index (χ0v) is 19.1. The Kier molecular flexibility index (Phi) is 8.49. The monoisotopic (exact) mass is 476 g/mol. The average molecular weight is 476 g/mol. The minimum atomic E-state index is -1.03. The Labute approximate surface area is 201 Å². The quantitative estimate of drug-likeness (QED) is 0.197. The molecule has 3 aromatic carbocycles. The fourth-order valence-corrected chi connectivity index (χ4v) is 2.93. The van der Waals surface area contributed by atoms with Crippen LogP contribution in [0.4, 0.5) is 11.4 Å². The highest BCUT2D eigenvalue weighted by Gasteiger charge is 2.21. The van der Waals surface area contributed by atoms with Crippen LogP contribution in [-0.4, -0.2) is 30.1 Å². The van der Waals surface area contributed by atoms with Crippen LogP contribution in [0.15, 0.2) is 77.9 Å². The molecule has 180 valence electrons. The van der Waals surface area contributed by atoms with Gasteiger partial charge in [-0.2, -0.15) is 5.10 Å². The molecule has 1 atom stereocenters. The maximum atomic E-state index is 12.3. The molecule has 0 spiro atoms. The van der Waals surface area contributed by atoms with E-state index < -0.39 is 22.7 Å². The van der Waals surface area contributed by atoms with Gasteiger partial charge in [-0.15, -0.1) is 0 Å². The topological polar surface area (TPSA) is 132 Å². The fraction of sp³-hybridized carbons (Fsp3) is 0.160. The summed E-state index contributed by atoms with van der Waals surface area (Å²) in [5.74, 6) is -1.43. The largest absolute Gasteiger partial charge is 0.497 e. The van der Waals surface area contributed by atoms with E-state index in [0.29, 0.717) is 17.0 Å². The molecule has 3 rings (SSSR count). The summed E-state index contributed by atoms with van der Waals surface area (Å²) < 4.78 is 10.7. The summed E-state index contributed by atoms with van der Waals surface area (Å²) in [5, 5.41) is 17.9. The van der Waals surface area contributed by atoms with Crippen LogP contribution in [-0.2, 0) is 16.2 Å². The zero-order chi connectivity index (χ0) is 25.2. The van der Waals surface area contributed by atoms with Crippen molar-refractivity contribution in [1.82, 2.24) is 5.43 Å². The molecular weight excluding hydrogens is 452 g/mol. The van der Waals surface area contributed by atoms with Crippen LogP contribution in [0, 0.1) is 16.0 Å². The van der Waals surface area contributed by atoms with Crippen molar-refractivity contribution in [2.45, 2.75) is 13.5 Å². The smallest absolute Gasteiger partial charge is 0.311 e. The van der Waals surface area contributed by atoms with Gasteiger partial charge in [0.25, 0.3) is 5.91 Å². The van der Waals surface area contributed by atoms with Crippen LogP contribution in [0.2, 0.25) is 0 Å². The molecule has 0 bridgehead atoms. The SMILES string of the molecule is COc1ccc(NC(=O)C(C)C(=O)NN=Cc2ccc(OCc3ccccc3)c([N+](=O)[O-])c2)cc1. The molecule has 1 unspecified atom stereocenters. The first-order chi connectivity index (χ1) is 16.9. The normalized spacial score (nSPS) is 11.5. The van der Waals surface area contributed by atoms with Gasteiger partial charge in [-0.25, -0.2) is 5.43 Å². The molecule has 10 heteroatoms. The van der Waals surface area contributed by atoms with Crippen molar-refractivity contribution in [2.75, 3.05) is 12.4 Å². The van der Waals surface area contributed by atoms with Gasteiger partial charge in [0.2, 0.25) is 5.91 Å². The molecule has 0 aliphatic heterocycles. The number of methoxy groups -OCH3 is 1. The van der Waals surface area contributed by atoms with Crippen LogP contribution in [0.5, 0.6) is 11.5 Å². The van der Waals surface area contributed by atoms with Gasteiger partial charge in [0, 0.05) is 17.3 Å². The van der Waals surface area contributed by atoms with Gasteiger partial charge in [0.1, 0.15) is 18.3 Å². The Morgan fingerprint density at radius 3 is 2.43 bits per heavy atom. The van der Waals surface area contributed by atoms with E-state index in [4.69, 9.17) is 9.47 Å². The Morgan fingerprint density at radius 1 is 1.06 bits per heavy atom. The van der Waals surface area contributed by atoms with Crippen molar-refractivity contribution in [3.05, 3.63) is 94.0 Å². The molecule has 0 radical (unpaired) electrons. The van der Waals surface area contributed by atoms with E-state index in [1.165, 1.54) is 32.4 Å². The van der Waals surface area contributed by atoms with Gasteiger partial charge in [-0.3, -0.25) is 19.7 Å². The van der Waals surface area contributed by atoms with E-state index in [9.17, 15) is 19.7 Å². The third kappa shape index (κ3) is 7.13. The van der Waals surface area contributed by atoms with Crippen LogP contribution in [0.1, 0.15) is 18.1 Å². The number of carbonyl (C=O) groups excluding carboxylic acids is 2. The summed E-state index contributed by atoms with van der Waals surface area (Å²) in [6, 6.07) is 20.3. The average Bonchev–Trinajstić information content (AvgIpc) is 2.88. The number of benzene rings is 3. The van der Waals surface area contributed by atoms with Gasteiger partial charge < -0.3 is 14.8 Å². The minimum Gasteiger partial charge on any atom is -0.497 e. The van der Waals surface area contributed by atoms with Crippen LogP contribution in [0.25, 0.3) is 0 Å². The van der Waals surface area contributed by atoms with Gasteiger partial charge >= 0.3 is 5.69 Å². The fourth-order valence-electron chi connectivity index (χ4n) is 2.93. The van der Waals surface area contributed by atoms with Gasteiger partial charge in [-0.1, -0.05) is 30.3 Å². The van der Waals surface area contributed by atoms with Gasteiger partial charge in [0.05, 0.1) is 18.2 Å². The highest BCUT2D eigenvalue weighted by Crippen LogP contribution is 2.28. The number of nitrogens with one attached hydrogen (secondary N) is 2. The summed E-state index contributed by atoms with van der Waals surface area (Å²) in [4.78, 5) is 35.5. The van der Waals surface area contributed by atoms with Crippen molar-refractivity contribution in [3.8, 4) is 11.5 Å². The van der Waals surface area contributed by atoms with Crippen molar-refractivity contribution >= 4 is 29.4 Å². The summed E-state index contributed by atoms with van der Waals surface area (Å²) in [5.41, 5.74) is 3.81. The molecule has 0 saturated heterocycles. The van der Waals surface area contributed by atoms with Crippen LogP contribution >= 0.6 is 0 Å². The molecule has 3 aromatic rings. The second-order valence-corrected chi connectivity index (χ2v) is 7.43. The summed E-state index contributed by atoms with van der Waals surface area (Å²) >= 11 is 0. The molecule has 10 nitrogen and oxygen atoms in total. The summed E-state index contributed by atoms with van der Waals surface area (Å²) in [6.07, 6.45) is 1.25. The molecule has 0 aromatic heterocycles. The second-order valence-electron chi connectivity index (χ2n) is 7.43. The predicted octanol–water partition coefficient (Wildman–Crippen LogP) is 3.91. The van der Waals surface area contributed by atoms with Gasteiger partial charge in [-0.05, 0) is 48.9 Å². The molecule has 0 saturated carbocycles. The third-order valence-electron chi connectivity index (χ3n) is 4.95. The zero-order valence-electron chi connectivity index (χ0n) is 19.1. The highest BCUT2D eigenvalue weighted by atomic mass is 16.6. The minimum absolute atomic E-state index is 0.115. The standard InChI is InChI=1S/C25H24N4O6/c1-17(24(30)27-20-9-11-21(34-2)12-10-20)25(31)28-26-15-19-8-13-23(22(14-19)29(32)33)35-16-18-6-4-3-5-7-18/h3-15,17H,16H2,1-2H3,(H,27,30)(H,28,31).